The van der Waals surface area contributed by atoms with Gasteiger partial charge in [-0.05, 0) is 72.2 Å². The number of carboxylic acids is 1. The molecule has 3 fully saturated rings. The van der Waals surface area contributed by atoms with Gasteiger partial charge >= 0.3 is 12.1 Å². The number of anilines is 1. The van der Waals surface area contributed by atoms with Crippen molar-refractivity contribution >= 4 is 17.7 Å². The quantitative estimate of drug-likeness (QED) is 0.616. The molecular weight excluding hydrogens is 435 g/mol. The van der Waals surface area contributed by atoms with Crippen molar-refractivity contribution in [3.8, 4) is 0 Å². The number of piperidine rings is 1. The number of alkyl halides is 1. The molecule has 0 bridgehead atoms. The Morgan fingerprint density at radius 3 is 2.44 bits per heavy atom. The number of nitrogens with zero attached hydrogens (tertiary/aromatic N) is 2. The molecule has 1 N–H and O–H groups in total. The van der Waals surface area contributed by atoms with Gasteiger partial charge in [0.15, 0.2) is 0 Å². The molecule has 1 spiro atoms. The lowest BCUT2D eigenvalue weighted by Gasteiger charge is -2.38. The van der Waals surface area contributed by atoms with Crippen molar-refractivity contribution in [1.29, 1.82) is 0 Å². The molecule has 2 saturated heterocycles. The molecule has 3 aliphatic rings. The molecule has 0 radical (unpaired) electrons. The Hall–Kier alpha value is -2.93. The molecule has 2 aromatic rings. The number of hydrogen-bond acceptors (Lipinski definition) is 4. The Morgan fingerprint density at radius 2 is 1.85 bits per heavy atom. The third-order valence-electron chi connectivity index (χ3n) is 7.84. The van der Waals surface area contributed by atoms with Crippen LogP contribution in [0, 0.1) is 6.92 Å². The third kappa shape index (κ3) is 4.29. The fourth-order valence-corrected chi connectivity index (χ4v) is 5.43. The Morgan fingerprint density at radius 1 is 1.15 bits per heavy atom. The zero-order chi connectivity index (χ0) is 23.9. The van der Waals surface area contributed by atoms with Gasteiger partial charge in [-0.3, -0.25) is 9.80 Å². The molecule has 5 rings (SSSR count). The molecule has 6 nitrogen and oxygen atoms in total. The van der Waals surface area contributed by atoms with E-state index in [1.54, 1.807) is 17.0 Å². The second-order valence-corrected chi connectivity index (χ2v) is 10.0. The molecule has 34 heavy (non-hydrogen) atoms. The van der Waals surface area contributed by atoms with Crippen LogP contribution >= 0.6 is 0 Å². The van der Waals surface area contributed by atoms with E-state index in [2.05, 4.69) is 17.0 Å². The summed E-state index contributed by atoms with van der Waals surface area (Å²) in [4.78, 5) is 27.7. The largest absolute Gasteiger partial charge is 0.478 e. The summed E-state index contributed by atoms with van der Waals surface area (Å²) in [6.07, 6.45) is 4.79. The number of amides is 1. The van der Waals surface area contributed by atoms with Crippen LogP contribution in [0.25, 0.3) is 0 Å². The van der Waals surface area contributed by atoms with E-state index in [0.717, 1.165) is 43.6 Å². The first-order valence-electron chi connectivity index (χ1n) is 12.1. The van der Waals surface area contributed by atoms with E-state index in [-0.39, 0.29) is 11.7 Å². The minimum atomic E-state index is -0.993. The maximum Gasteiger partial charge on any atom is 0.415 e. The van der Waals surface area contributed by atoms with Crippen molar-refractivity contribution in [2.24, 2.45) is 0 Å². The summed E-state index contributed by atoms with van der Waals surface area (Å²) in [5, 5.41) is 9.10. The third-order valence-corrected chi connectivity index (χ3v) is 7.84. The molecule has 2 aromatic carbocycles. The second kappa shape index (κ2) is 9.02. The molecule has 1 amide bonds. The summed E-state index contributed by atoms with van der Waals surface area (Å²) in [6.45, 7) is 4.44. The fourth-order valence-electron chi connectivity index (χ4n) is 5.43. The number of carbonyl (C=O) groups excluding carboxylic acids is 1. The molecule has 0 unspecified atom stereocenters. The molecule has 2 aliphatic heterocycles. The zero-order valence-corrected chi connectivity index (χ0v) is 19.6. The lowest BCUT2D eigenvalue weighted by atomic mass is 9.77. The molecule has 2 heterocycles. The van der Waals surface area contributed by atoms with E-state index in [9.17, 15) is 14.0 Å². The standard InChI is InChI=1S/C27H31FN2O4/c1-18-13-24(19-3-2-4-19)22(14-21(18)15-28)16-29-11-9-27(10-12-29)17-30(26(33)34-27)23-7-5-20(6-8-23)25(31)32/h5-8,13-14,19H,2-4,9-12,15-17H2,1H3,(H,31,32). The van der Waals surface area contributed by atoms with E-state index in [1.165, 1.54) is 42.5 Å². The minimum absolute atomic E-state index is 0.188. The summed E-state index contributed by atoms with van der Waals surface area (Å²) < 4.78 is 19.4. The highest BCUT2D eigenvalue weighted by Gasteiger charge is 2.47. The zero-order valence-electron chi connectivity index (χ0n) is 19.6. The summed E-state index contributed by atoms with van der Waals surface area (Å²) in [6, 6.07) is 10.6. The van der Waals surface area contributed by atoms with Gasteiger partial charge in [0.2, 0.25) is 0 Å². The average molecular weight is 467 g/mol. The SMILES string of the molecule is Cc1cc(C2CCC2)c(CN2CCC3(CC2)CN(c2ccc(C(=O)O)cc2)C(=O)O3)cc1CF. The number of carbonyl (C=O) groups is 2. The summed E-state index contributed by atoms with van der Waals surface area (Å²) in [5.41, 5.74) is 4.76. The fraction of sp³-hybridized carbons (Fsp3) is 0.481. The van der Waals surface area contributed by atoms with Crippen LogP contribution < -0.4 is 4.90 Å². The van der Waals surface area contributed by atoms with Crippen LogP contribution in [0.5, 0.6) is 0 Å². The van der Waals surface area contributed by atoms with Crippen molar-refractivity contribution in [2.75, 3.05) is 24.5 Å². The van der Waals surface area contributed by atoms with Gasteiger partial charge in [-0.2, -0.15) is 0 Å². The maximum atomic E-state index is 13.6. The maximum absolute atomic E-state index is 13.6. The van der Waals surface area contributed by atoms with Crippen LogP contribution in [0.4, 0.5) is 14.9 Å². The van der Waals surface area contributed by atoms with E-state index in [0.29, 0.717) is 18.2 Å². The van der Waals surface area contributed by atoms with Crippen LogP contribution in [0.1, 0.15) is 70.6 Å². The van der Waals surface area contributed by atoms with Crippen molar-refractivity contribution in [1.82, 2.24) is 4.90 Å². The van der Waals surface area contributed by atoms with Crippen molar-refractivity contribution in [3.63, 3.8) is 0 Å². The van der Waals surface area contributed by atoms with Crippen LogP contribution in [-0.4, -0.2) is 47.3 Å². The Bertz CT molecular complexity index is 1090. The smallest absolute Gasteiger partial charge is 0.415 e. The lowest BCUT2D eigenvalue weighted by molar-refractivity contribution is -0.00107. The summed E-state index contributed by atoms with van der Waals surface area (Å²) in [5.74, 6) is -0.401. The van der Waals surface area contributed by atoms with Gasteiger partial charge in [-0.25, -0.2) is 14.0 Å². The van der Waals surface area contributed by atoms with Crippen molar-refractivity contribution in [3.05, 3.63) is 64.2 Å². The average Bonchev–Trinajstić information content (AvgIpc) is 3.11. The van der Waals surface area contributed by atoms with Gasteiger partial charge in [0.05, 0.1) is 12.1 Å². The van der Waals surface area contributed by atoms with Crippen molar-refractivity contribution in [2.45, 2.75) is 63.8 Å². The molecular formula is C27H31FN2O4. The number of benzene rings is 2. The number of aryl methyl sites for hydroxylation is 1. The topological polar surface area (TPSA) is 70.1 Å². The minimum Gasteiger partial charge on any atom is -0.478 e. The number of hydrogen-bond donors (Lipinski definition) is 1. The van der Waals surface area contributed by atoms with E-state index < -0.39 is 18.2 Å². The predicted molar refractivity (Wildman–Crippen MR) is 127 cm³/mol. The first-order chi connectivity index (χ1) is 16.4. The number of likely N-dealkylation sites (tertiary alicyclic amines) is 1. The Kier molecular flexibility index (Phi) is 6.06. The highest BCUT2D eigenvalue weighted by Crippen LogP contribution is 2.40. The van der Waals surface area contributed by atoms with Gasteiger partial charge in [-0.15, -0.1) is 0 Å². The molecule has 0 aromatic heterocycles. The van der Waals surface area contributed by atoms with Gasteiger partial charge in [0.25, 0.3) is 0 Å². The normalized spacial score (nSPS) is 20.4. The van der Waals surface area contributed by atoms with Crippen molar-refractivity contribution < 1.29 is 23.8 Å². The first-order valence-corrected chi connectivity index (χ1v) is 12.1. The molecule has 180 valence electrons. The monoisotopic (exact) mass is 466 g/mol. The summed E-state index contributed by atoms with van der Waals surface area (Å²) in [7, 11) is 0. The number of aromatic carboxylic acids is 1. The highest BCUT2D eigenvalue weighted by atomic mass is 19.1. The van der Waals surface area contributed by atoms with Gasteiger partial charge in [-0.1, -0.05) is 18.6 Å². The van der Waals surface area contributed by atoms with Gasteiger partial charge in [0, 0.05) is 38.2 Å². The Labute approximate surface area is 199 Å². The van der Waals surface area contributed by atoms with Gasteiger partial charge in [0.1, 0.15) is 12.3 Å². The van der Waals surface area contributed by atoms with E-state index in [1.807, 2.05) is 6.92 Å². The summed E-state index contributed by atoms with van der Waals surface area (Å²) >= 11 is 0. The van der Waals surface area contributed by atoms with Crippen LogP contribution in [0.3, 0.4) is 0 Å². The highest BCUT2D eigenvalue weighted by molar-refractivity contribution is 5.92. The first kappa shape index (κ1) is 22.8. The number of ether oxygens (including phenoxy) is 1. The van der Waals surface area contributed by atoms with E-state index in [4.69, 9.17) is 9.84 Å². The van der Waals surface area contributed by atoms with Crippen LogP contribution in [-0.2, 0) is 18.0 Å². The molecule has 0 atom stereocenters. The van der Waals surface area contributed by atoms with Crippen LogP contribution in [0.15, 0.2) is 36.4 Å². The predicted octanol–water partition coefficient (Wildman–Crippen LogP) is 5.42. The Balaban J connectivity index is 1.25. The second-order valence-electron chi connectivity index (χ2n) is 10.0. The number of carboxylic acid groups (broad SMARTS) is 1. The molecule has 1 aliphatic carbocycles. The number of rotatable bonds is 6. The number of halogens is 1. The van der Waals surface area contributed by atoms with E-state index >= 15 is 0 Å². The van der Waals surface area contributed by atoms with Gasteiger partial charge < -0.3 is 9.84 Å². The lowest BCUT2D eigenvalue weighted by Crippen LogP contribution is -2.46. The molecule has 1 saturated carbocycles. The van der Waals surface area contributed by atoms with Crippen LogP contribution in [0.2, 0.25) is 0 Å². The molecule has 7 heteroatoms.